The zero-order valence-corrected chi connectivity index (χ0v) is 17.3. The lowest BCUT2D eigenvalue weighted by Crippen LogP contribution is -2.39. The van der Waals surface area contributed by atoms with Crippen LogP contribution in [0.1, 0.15) is 38.8 Å². The summed E-state index contributed by atoms with van der Waals surface area (Å²) >= 11 is 0. The lowest BCUT2D eigenvalue weighted by atomic mass is 9.99. The molecule has 6 heteroatoms. The van der Waals surface area contributed by atoms with E-state index in [4.69, 9.17) is 0 Å². The molecule has 1 aromatic rings. The summed E-state index contributed by atoms with van der Waals surface area (Å²) in [5.74, 6) is 1.79. The van der Waals surface area contributed by atoms with E-state index < -0.39 is 0 Å². The van der Waals surface area contributed by atoms with Crippen molar-refractivity contribution in [3.63, 3.8) is 0 Å². The maximum Gasteiger partial charge on any atom is 0.191 e. The molecule has 136 valence electrons. The second-order valence-electron chi connectivity index (χ2n) is 6.32. The molecule has 0 aliphatic carbocycles. The maximum atomic E-state index is 4.60. The average Bonchev–Trinajstić information content (AvgIpc) is 2.59. The summed E-state index contributed by atoms with van der Waals surface area (Å²) in [6, 6.07) is 5.93. The predicted molar refractivity (Wildman–Crippen MR) is 112 cm³/mol. The molecule has 0 saturated carbocycles. The van der Waals surface area contributed by atoms with E-state index in [9.17, 15) is 0 Å². The van der Waals surface area contributed by atoms with Gasteiger partial charge in [0.1, 0.15) is 0 Å². The third-order valence-electron chi connectivity index (χ3n) is 4.29. The molecule has 2 rings (SSSR count). The molecule has 2 N–H and O–H groups in total. The van der Waals surface area contributed by atoms with E-state index >= 15 is 0 Å². The monoisotopic (exact) mass is 445 g/mol. The fourth-order valence-electron chi connectivity index (χ4n) is 2.79. The SMILES string of the molecule is CCNC(=NCc1ccccn1)NCCCN1CCC(C)CC1.I. The molecule has 0 amide bonds. The van der Waals surface area contributed by atoms with Crippen molar-refractivity contribution in [3.05, 3.63) is 30.1 Å². The van der Waals surface area contributed by atoms with Gasteiger partial charge in [0, 0.05) is 19.3 Å². The highest BCUT2D eigenvalue weighted by Gasteiger charge is 2.14. The van der Waals surface area contributed by atoms with E-state index in [1.54, 1.807) is 0 Å². The minimum atomic E-state index is 0. The van der Waals surface area contributed by atoms with E-state index in [0.717, 1.165) is 37.1 Å². The van der Waals surface area contributed by atoms with Gasteiger partial charge < -0.3 is 15.5 Å². The van der Waals surface area contributed by atoms with Gasteiger partial charge in [0.15, 0.2) is 5.96 Å². The van der Waals surface area contributed by atoms with Crippen LogP contribution in [0.25, 0.3) is 0 Å². The summed E-state index contributed by atoms with van der Waals surface area (Å²) in [7, 11) is 0. The van der Waals surface area contributed by atoms with Gasteiger partial charge in [-0.2, -0.15) is 0 Å². The highest BCUT2D eigenvalue weighted by Crippen LogP contribution is 2.15. The van der Waals surface area contributed by atoms with Crippen molar-refractivity contribution in [3.8, 4) is 0 Å². The number of aromatic nitrogens is 1. The van der Waals surface area contributed by atoms with Crippen LogP contribution in [0.4, 0.5) is 0 Å². The number of nitrogens with zero attached hydrogens (tertiary/aromatic N) is 3. The van der Waals surface area contributed by atoms with Gasteiger partial charge in [0.05, 0.1) is 12.2 Å². The molecule has 1 aliphatic heterocycles. The fraction of sp³-hybridized carbons (Fsp3) is 0.667. The number of likely N-dealkylation sites (tertiary alicyclic amines) is 1. The number of hydrogen-bond acceptors (Lipinski definition) is 3. The molecule has 0 aromatic carbocycles. The quantitative estimate of drug-likeness (QED) is 0.293. The molecule has 1 aromatic heterocycles. The lowest BCUT2D eigenvalue weighted by molar-refractivity contribution is 0.191. The van der Waals surface area contributed by atoms with E-state index in [0.29, 0.717) is 6.54 Å². The van der Waals surface area contributed by atoms with E-state index in [-0.39, 0.29) is 24.0 Å². The number of nitrogens with one attached hydrogen (secondary N) is 2. The molecule has 2 heterocycles. The zero-order valence-electron chi connectivity index (χ0n) is 15.0. The Morgan fingerprint density at radius 3 is 2.75 bits per heavy atom. The first-order chi connectivity index (χ1) is 11.3. The second kappa shape index (κ2) is 12.5. The van der Waals surface area contributed by atoms with E-state index in [1.807, 2.05) is 24.4 Å². The zero-order chi connectivity index (χ0) is 16.3. The number of rotatable bonds is 7. The van der Waals surface area contributed by atoms with Gasteiger partial charge in [0.25, 0.3) is 0 Å². The number of pyridine rings is 1. The van der Waals surface area contributed by atoms with Crippen LogP contribution in [0, 0.1) is 5.92 Å². The largest absolute Gasteiger partial charge is 0.357 e. The first kappa shape index (κ1) is 21.2. The molecule has 5 nitrogen and oxygen atoms in total. The number of piperidine rings is 1. The van der Waals surface area contributed by atoms with Crippen LogP contribution >= 0.6 is 24.0 Å². The smallest absolute Gasteiger partial charge is 0.191 e. The summed E-state index contributed by atoms with van der Waals surface area (Å²) < 4.78 is 0. The summed E-state index contributed by atoms with van der Waals surface area (Å²) in [5.41, 5.74) is 0.993. The number of hydrogen-bond donors (Lipinski definition) is 2. The molecule has 1 fully saturated rings. The molecule has 0 spiro atoms. The molecular formula is C18H32IN5. The molecule has 0 bridgehead atoms. The van der Waals surface area contributed by atoms with Crippen molar-refractivity contribution in [2.24, 2.45) is 10.9 Å². The van der Waals surface area contributed by atoms with Crippen molar-refractivity contribution in [2.75, 3.05) is 32.7 Å². The van der Waals surface area contributed by atoms with Gasteiger partial charge >= 0.3 is 0 Å². The maximum absolute atomic E-state index is 4.60. The Balaban J connectivity index is 0.00000288. The highest BCUT2D eigenvalue weighted by molar-refractivity contribution is 14.0. The minimum absolute atomic E-state index is 0. The van der Waals surface area contributed by atoms with Gasteiger partial charge in [-0.1, -0.05) is 13.0 Å². The van der Waals surface area contributed by atoms with Gasteiger partial charge in [-0.05, 0) is 63.9 Å². The van der Waals surface area contributed by atoms with Crippen LogP contribution in [0.5, 0.6) is 0 Å². The van der Waals surface area contributed by atoms with Crippen LogP contribution < -0.4 is 10.6 Å². The first-order valence-electron chi connectivity index (χ1n) is 8.92. The second-order valence-corrected chi connectivity index (χ2v) is 6.32. The van der Waals surface area contributed by atoms with Crippen molar-refractivity contribution in [2.45, 2.75) is 39.7 Å². The van der Waals surface area contributed by atoms with Crippen LogP contribution in [0.2, 0.25) is 0 Å². The Morgan fingerprint density at radius 2 is 2.08 bits per heavy atom. The third-order valence-corrected chi connectivity index (χ3v) is 4.29. The van der Waals surface area contributed by atoms with Crippen molar-refractivity contribution < 1.29 is 0 Å². The normalized spacial score (nSPS) is 16.5. The van der Waals surface area contributed by atoms with Crippen LogP contribution in [-0.4, -0.2) is 48.6 Å². The van der Waals surface area contributed by atoms with Crippen LogP contribution in [0.15, 0.2) is 29.4 Å². The number of aliphatic imine (C=N–C) groups is 1. The molecule has 0 radical (unpaired) electrons. The average molecular weight is 445 g/mol. The molecule has 24 heavy (non-hydrogen) atoms. The molecule has 0 atom stereocenters. The third kappa shape index (κ3) is 8.28. The predicted octanol–water partition coefficient (Wildman–Crippen LogP) is 2.88. The fourth-order valence-corrected chi connectivity index (χ4v) is 2.79. The van der Waals surface area contributed by atoms with Gasteiger partial charge in [-0.25, -0.2) is 4.99 Å². The summed E-state index contributed by atoms with van der Waals surface area (Å²) in [6.07, 6.45) is 5.66. The Bertz CT molecular complexity index is 458. The molecule has 1 saturated heterocycles. The molecular weight excluding hydrogens is 413 g/mol. The Kier molecular flexibility index (Phi) is 11.0. The highest BCUT2D eigenvalue weighted by atomic mass is 127. The van der Waals surface area contributed by atoms with Crippen LogP contribution in [0.3, 0.4) is 0 Å². The topological polar surface area (TPSA) is 52.6 Å². The van der Waals surface area contributed by atoms with E-state index in [1.165, 1.54) is 32.5 Å². The van der Waals surface area contributed by atoms with Gasteiger partial charge in [-0.15, -0.1) is 24.0 Å². The first-order valence-corrected chi connectivity index (χ1v) is 8.92. The number of halogens is 1. The Labute approximate surface area is 163 Å². The Hall–Kier alpha value is -0.890. The van der Waals surface area contributed by atoms with Gasteiger partial charge in [0.2, 0.25) is 0 Å². The number of guanidine groups is 1. The minimum Gasteiger partial charge on any atom is -0.357 e. The van der Waals surface area contributed by atoms with Crippen molar-refractivity contribution >= 4 is 29.9 Å². The summed E-state index contributed by atoms with van der Waals surface area (Å²) in [5, 5.41) is 6.72. The van der Waals surface area contributed by atoms with Crippen LogP contribution in [-0.2, 0) is 6.54 Å². The summed E-state index contributed by atoms with van der Waals surface area (Å²) in [6.45, 7) is 10.6. The molecule has 0 unspecified atom stereocenters. The van der Waals surface area contributed by atoms with Gasteiger partial charge in [-0.3, -0.25) is 4.98 Å². The van der Waals surface area contributed by atoms with Crippen molar-refractivity contribution in [1.82, 2.24) is 20.5 Å². The summed E-state index contributed by atoms with van der Waals surface area (Å²) in [4.78, 5) is 11.5. The van der Waals surface area contributed by atoms with E-state index in [2.05, 4.69) is 39.4 Å². The standard InChI is InChI=1S/C18H31N5.HI/c1-3-19-18(22-15-17-7-4-5-10-20-17)21-11-6-12-23-13-8-16(2)9-14-23;/h4-5,7,10,16H,3,6,8-9,11-15H2,1-2H3,(H2,19,21,22);1H. The Morgan fingerprint density at radius 1 is 1.29 bits per heavy atom. The molecule has 1 aliphatic rings. The lowest BCUT2D eigenvalue weighted by Gasteiger charge is -2.30. The van der Waals surface area contributed by atoms with Crippen molar-refractivity contribution in [1.29, 1.82) is 0 Å².